The van der Waals surface area contributed by atoms with Crippen LogP contribution in [0, 0.1) is 13.8 Å². The average molecular weight is 313 g/mol. The van der Waals surface area contributed by atoms with Gasteiger partial charge in [-0.15, -0.1) is 0 Å². The van der Waals surface area contributed by atoms with Gasteiger partial charge in [0.05, 0.1) is 11.4 Å². The van der Waals surface area contributed by atoms with E-state index < -0.39 is 10.0 Å². The van der Waals surface area contributed by atoms with Crippen molar-refractivity contribution in [3.63, 3.8) is 0 Å². The van der Waals surface area contributed by atoms with E-state index in [4.69, 9.17) is 0 Å². The molecule has 1 aliphatic heterocycles. The predicted molar refractivity (Wildman–Crippen MR) is 88.7 cm³/mol. The molecular formula is C18H19NO2S. The van der Waals surface area contributed by atoms with Crippen LogP contribution in [0.5, 0.6) is 0 Å². The van der Waals surface area contributed by atoms with Gasteiger partial charge in [-0.3, -0.25) is 4.31 Å². The van der Waals surface area contributed by atoms with Crippen LogP contribution in [0.25, 0.3) is 5.57 Å². The van der Waals surface area contributed by atoms with Gasteiger partial charge in [-0.2, -0.15) is 0 Å². The summed E-state index contributed by atoms with van der Waals surface area (Å²) in [4.78, 5) is 0.332. The smallest absolute Gasteiger partial charge is 0.264 e. The van der Waals surface area contributed by atoms with Crippen LogP contribution in [0.3, 0.4) is 0 Å². The maximum absolute atomic E-state index is 12.8. The Balaban J connectivity index is 2.05. The van der Waals surface area contributed by atoms with Gasteiger partial charge in [-0.1, -0.05) is 35.9 Å². The second-order valence-corrected chi connectivity index (χ2v) is 7.68. The highest BCUT2D eigenvalue weighted by molar-refractivity contribution is 7.89. The topological polar surface area (TPSA) is 37.4 Å². The molecule has 1 aliphatic rings. The van der Waals surface area contributed by atoms with Gasteiger partial charge in [-0.05, 0) is 55.2 Å². The molecule has 0 spiro atoms. The monoisotopic (exact) mass is 313 g/mol. The third-order valence-corrected chi connectivity index (χ3v) is 5.76. The molecule has 0 unspecified atom stereocenters. The van der Waals surface area contributed by atoms with Crippen molar-refractivity contribution in [2.45, 2.75) is 32.2 Å². The largest absolute Gasteiger partial charge is 0.269 e. The fourth-order valence-corrected chi connectivity index (χ4v) is 4.28. The Morgan fingerprint density at radius 3 is 2.32 bits per heavy atom. The molecule has 3 rings (SSSR count). The van der Waals surface area contributed by atoms with E-state index in [1.165, 1.54) is 9.87 Å². The number of aryl methyl sites for hydroxylation is 2. The Morgan fingerprint density at radius 1 is 0.955 bits per heavy atom. The zero-order valence-corrected chi connectivity index (χ0v) is 13.8. The van der Waals surface area contributed by atoms with Gasteiger partial charge < -0.3 is 0 Å². The number of hydrogen-bond acceptors (Lipinski definition) is 2. The van der Waals surface area contributed by atoms with Crippen LogP contribution in [-0.4, -0.2) is 12.7 Å². The van der Waals surface area contributed by atoms with E-state index in [-0.39, 0.29) is 0 Å². The Bertz CT molecular complexity index is 849. The van der Waals surface area contributed by atoms with E-state index >= 15 is 0 Å². The van der Waals surface area contributed by atoms with Crippen LogP contribution in [0.15, 0.2) is 53.6 Å². The van der Waals surface area contributed by atoms with E-state index in [1.54, 1.807) is 18.3 Å². The Kier molecular flexibility index (Phi) is 3.57. The summed E-state index contributed by atoms with van der Waals surface area (Å²) in [5, 5.41) is 0. The van der Waals surface area contributed by atoms with Gasteiger partial charge in [0.1, 0.15) is 0 Å². The number of hydrogen-bond donors (Lipinski definition) is 0. The minimum Gasteiger partial charge on any atom is -0.269 e. The summed E-state index contributed by atoms with van der Waals surface area (Å²) < 4.78 is 27.1. The summed E-state index contributed by atoms with van der Waals surface area (Å²) in [7, 11) is -3.51. The molecule has 0 N–H and O–H groups in total. The fraction of sp³-hybridized carbons (Fsp3) is 0.222. The first-order valence-corrected chi connectivity index (χ1v) is 8.69. The number of sulfonamides is 1. The molecule has 2 aromatic rings. The molecule has 2 aromatic carbocycles. The molecule has 0 saturated carbocycles. The van der Waals surface area contributed by atoms with E-state index in [0.29, 0.717) is 11.4 Å². The summed E-state index contributed by atoms with van der Waals surface area (Å²) in [6, 6.07) is 13.0. The third-order valence-electron chi connectivity index (χ3n) is 4.04. The molecule has 1 heterocycles. The second-order valence-electron chi connectivity index (χ2n) is 5.78. The van der Waals surface area contributed by atoms with Crippen LogP contribution < -0.4 is 0 Å². The highest BCUT2D eigenvalue weighted by atomic mass is 32.2. The quantitative estimate of drug-likeness (QED) is 0.844. The molecule has 22 heavy (non-hydrogen) atoms. The standard InChI is InChI=1S/C18H19NO2S/c1-13-7-9-17(10-8-13)22(20,21)19-11-15(3)18-14(2)5-4-6-16(18)12-19/h4-11H,12H2,1-3H3. The Morgan fingerprint density at radius 2 is 1.64 bits per heavy atom. The molecule has 3 nitrogen and oxygen atoms in total. The minimum atomic E-state index is -3.51. The summed E-state index contributed by atoms with van der Waals surface area (Å²) >= 11 is 0. The summed E-state index contributed by atoms with van der Waals surface area (Å²) in [5.74, 6) is 0. The normalized spacial score (nSPS) is 14.5. The molecule has 114 valence electrons. The molecule has 0 aromatic heterocycles. The lowest BCUT2D eigenvalue weighted by Gasteiger charge is -2.28. The van der Waals surface area contributed by atoms with Gasteiger partial charge in [-0.25, -0.2) is 8.42 Å². The minimum absolute atomic E-state index is 0.332. The van der Waals surface area contributed by atoms with Gasteiger partial charge >= 0.3 is 0 Å². The molecule has 0 saturated heterocycles. The van der Waals surface area contributed by atoms with Crippen LogP contribution >= 0.6 is 0 Å². The van der Waals surface area contributed by atoms with Crippen molar-refractivity contribution in [1.82, 2.24) is 4.31 Å². The van der Waals surface area contributed by atoms with Crippen molar-refractivity contribution >= 4 is 15.6 Å². The molecule has 0 aliphatic carbocycles. The van der Waals surface area contributed by atoms with Crippen LogP contribution in [0.4, 0.5) is 0 Å². The summed E-state index contributed by atoms with van der Waals surface area (Å²) in [6.45, 7) is 6.34. The lowest BCUT2D eigenvalue weighted by Crippen LogP contribution is -2.28. The van der Waals surface area contributed by atoms with Gasteiger partial charge in [0.25, 0.3) is 10.0 Å². The van der Waals surface area contributed by atoms with Crippen molar-refractivity contribution in [3.8, 4) is 0 Å². The fourth-order valence-electron chi connectivity index (χ4n) is 2.92. The van der Waals surface area contributed by atoms with Gasteiger partial charge in [0, 0.05) is 6.20 Å². The first kappa shape index (κ1) is 14.9. The van der Waals surface area contributed by atoms with Gasteiger partial charge in [0.15, 0.2) is 0 Å². The molecule has 0 fully saturated rings. The zero-order valence-electron chi connectivity index (χ0n) is 13.0. The molecule has 0 atom stereocenters. The number of fused-ring (bicyclic) bond motifs is 1. The maximum atomic E-state index is 12.8. The van der Waals surface area contributed by atoms with E-state index in [1.807, 2.05) is 38.1 Å². The summed E-state index contributed by atoms with van der Waals surface area (Å²) in [6.07, 6.45) is 1.74. The number of rotatable bonds is 2. The number of allylic oxidation sites excluding steroid dienone is 1. The van der Waals surface area contributed by atoms with E-state index in [9.17, 15) is 8.42 Å². The Hall–Kier alpha value is -2.07. The van der Waals surface area contributed by atoms with Crippen molar-refractivity contribution in [1.29, 1.82) is 0 Å². The number of nitrogens with zero attached hydrogens (tertiary/aromatic N) is 1. The lowest BCUT2D eigenvalue weighted by molar-refractivity contribution is 0.491. The molecular weight excluding hydrogens is 294 g/mol. The first-order chi connectivity index (χ1) is 10.4. The molecule has 0 bridgehead atoms. The van der Waals surface area contributed by atoms with E-state index in [0.717, 1.165) is 22.3 Å². The van der Waals surface area contributed by atoms with Crippen molar-refractivity contribution < 1.29 is 8.42 Å². The lowest BCUT2D eigenvalue weighted by atomic mass is 9.94. The highest BCUT2D eigenvalue weighted by Crippen LogP contribution is 2.32. The van der Waals surface area contributed by atoms with Crippen molar-refractivity contribution in [2.75, 3.05) is 0 Å². The van der Waals surface area contributed by atoms with Crippen LogP contribution in [0.1, 0.15) is 29.2 Å². The maximum Gasteiger partial charge on any atom is 0.264 e. The average Bonchev–Trinajstić information content (AvgIpc) is 2.47. The second kappa shape index (κ2) is 5.29. The first-order valence-electron chi connectivity index (χ1n) is 7.25. The molecule has 0 radical (unpaired) electrons. The molecule has 0 amide bonds. The van der Waals surface area contributed by atoms with Crippen LogP contribution in [0.2, 0.25) is 0 Å². The number of benzene rings is 2. The van der Waals surface area contributed by atoms with Crippen LogP contribution in [-0.2, 0) is 16.6 Å². The molecule has 4 heteroatoms. The third kappa shape index (κ3) is 2.44. The van der Waals surface area contributed by atoms with Crippen molar-refractivity contribution in [2.24, 2.45) is 0 Å². The van der Waals surface area contributed by atoms with Crippen molar-refractivity contribution in [3.05, 3.63) is 70.9 Å². The SMILES string of the molecule is CC1=CN(S(=O)(=O)c2ccc(C)cc2)Cc2cccc(C)c21. The van der Waals surface area contributed by atoms with E-state index in [2.05, 4.69) is 13.0 Å². The predicted octanol–water partition coefficient (Wildman–Crippen LogP) is 3.87. The highest BCUT2D eigenvalue weighted by Gasteiger charge is 2.26. The summed E-state index contributed by atoms with van der Waals surface area (Å²) in [5.41, 5.74) is 5.42. The van der Waals surface area contributed by atoms with Gasteiger partial charge in [0.2, 0.25) is 0 Å². The zero-order chi connectivity index (χ0) is 15.9. The Labute approximate surface area is 132 Å².